The van der Waals surface area contributed by atoms with Crippen LogP contribution in [0.2, 0.25) is 0 Å². The van der Waals surface area contributed by atoms with E-state index in [1.54, 1.807) is 11.8 Å². The Morgan fingerprint density at radius 3 is 2.39 bits per heavy atom. The van der Waals surface area contributed by atoms with Gasteiger partial charge in [0.25, 0.3) is 0 Å². The molecule has 0 aromatic heterocycles. The van der Waals surface area contributed by atoms with Crippen LogP contribution in [0.4, 0.5) is 5.69 Å². The van der Waals surface area contributed by atoms with Crippen LogP contribution >= 0.6 is 11.8 Å². The van der Waals surface area contributed by atoms with E-state index in [2.05, 4.69) is 67.9 Å². The molecule has 0 aliphatic carbocycles. The normalized spacial score (nSPS) is 10.4. The van der Waals surface area contributed by atoms with Crippen LogP contribution in [-0.2, 0) is 6.54 Å². The Morgan fingerprint density at radius 1 is 1.00 bits per heavy atom. The monoisotopic (exact) mass is 257 g/mol. The van der Waals surface area contributed by atoms with Crippen LogP contribution in [0.5, 0.6) is 0 Å². The fraction of sp³-hybridized carbons (Fsp3) is 0.250. The quantitative estimate of drug-likeness (QED) is 0.801. The van der Waals surface area contributed by atoms with Gasteiger partial charge in [0.1, 0.15) is 0 Å². The van der Waals surface area contributed by atoms with Gasteiger partial charge in [0.2, 0.25) is 0 Å². The minimum Gasteiger partial charge on any atom is -0.381 e. The van der Waals surface area contributed by atoms with Gasteiger partial charge < -0.3 is 5.32 Å². The highest BCUT2D eigenvalue weighted by Crippen LogP contribution is 2.19. The molecule has 0 saturated heterocycles. The molecule has 2 heteroatoms. The molecular weight excluding hydrogens is 238 g/mol. The molecule has 1 N–H and O–H groups in total. The lowest BCUT2D eigenvalue weighted by Gasteiger charge is -2.10. The number of hydrogen-bond donors (Lipinski definition) is 1. The van der Waals surface area contributed by atoms with Gasteiger partial charge in [-0.1, -0.05) is 24.3 Å². The van der Waals surface area contributed by atoms with E-state index in [0.29, 0.717) is 0 Å². The standard InChI is InChI=1S/C16H19NS/c1-12-4-5-13(2)16(10-12)17-11-14-6-8-15(18-3)9-7-14/h4-10,17H,11H2,1-3H3. The summed E-state index contributed by atoms with van der Waals surface area (Å²) in [6.45, 7) is 5.13. The Kier molecular flexibility index (Phi) is 4.32. The van der Waals surface area contributed by atoms with E-state index in [4.69, 9.17) is 0 Å². The number of rotatable bonds is 4. The third-order valence-electron chi connectivity index (χ3n) is 3.04. The molecule has 2 aromatic rings. The Morgan fingerprint density at radius 2 is 1.72 bits per heavy atom. The first-order chi connectivity index (χ1) is 8.69. The summed E-state index contributed by atoms with van der Waals surface area (Å²) in [5.74, 6) is 0. The largest absolute Gasteiger partial charge is 0.381 e. The van der Waals surface area contributed by atoms with Crippen molar-refractivity contribution in [1.82, 2.24) is 0 Å². The van der Waals surface area contributed by atoms with Crippen LogP contribution in [0.3, 0.4) is 0 Å². The minimum absolute atomic E-state index is 0.874. The molecular formula is C16H19NS. The fourth-order valence-electron chi connectivity index (χ4n) is 1.87. The average molecular weight is 257 g/mol. The van der Waals surface area contributed by atoms with Gasteiger partial charge in [-0.2, -0.15) is 0 Å². The first-order valence-electron chi connectivity index (χ1n) is 6.13. The van der Waals surface area contributed by atoms with Gasteiger partial charge in [0, 0.05) is 17.1 Å². The molecule has 0 aliphatic heterocycles. The molecule has 0 fully saturated rings. The maximum atomic E-state index is 3.50. The molecule has 2 aromatic carbocycles. The lowest BCUT2D eigenvalue weighted by atomic mass is 10.1. The number of benzene rings is 2. The Balaban J connectivity index is 2.04. The summed E-state index contributed by atoms with van der Waals surface area (Å²) in [7, 11) is 0. The molecule has 0 unspecified atom stereocenters. The number of nitrogens with one attached hydrogen (secondary N) is 1. The van der Waals surface area contributed by atoms with Crippen LogP contribution in [0, 0.1) is 13.8 Å². The number of anilines is 1. The van der Waals surface area contributed by atoms with Crippen LogP contribution in [0.25, 0.3) is 0 Å². The first-order valence-corrected chi connectivity index (χ1v) is 7.35. The highest BCUT2D eigenvalue weighted by Gasteiger charge is 1.99. The molecule has 0 aliphatic rings. The van der Waals surface area contributed by atoms with Crippen molar-refractivity contribution in [3.8, 4) is 0 Å². The van der Waals surface area contributed by atoms with E-state index >= 15 is 0 Å². The summed E-state index contributed by atoms with van der Waals surface area (Å²) in [5.41, 5.74) is 5.12. The highest BCUT2D eigenvalue weighted by molar-refractivity contribution is 7.98. The second-order valence-corrected chi connectivity index (χ2v) is 5.40. The van der Waals surface area contributed by atoms with E-state index in [1.165, 1.54) is 27.3 Å². The summed E-state index contributed by atoms with van der Waals surface area (Å²) >= 11 is 1.78. The topological polar surface area (TPSA) is 12.0 Å². The van der Waals surface area contributed by atoms with Crippen molar-refractivity contribution < 1.29 is 0 Å². The predicted octanol–water partition coefficient (Wildman–Crippen LogP) is 4.64. The minimum atomic E-state index is 0.874. The summed E-state index contributed by atoms with van der Waals surface area (Å²) in [5, 5.41) is 3.50. The predicted molar refractivity (Wildman–Crippen MR) is 81.5 cm³/mol. The summed E-state index contributed by atoms with van der Waals surface area (Å²) < 4.78 is 0. The van der Waals surface area contributed by atoms with E-state index in [1.807, 2.05) is 0 Å². The zero-order valence-electron chi connectivity index (χ0n) is 11.2. The first kappa shape index (κ1) is 13.0. The van der Waals surface area contributed by atoms with E-state index in [-0.39, 0.29) is 0 Å². The molecule has 0 heterocycles. The van der Waals surface area contributed by atoms with Gasteiger partial charge in [-0.25, -0.2) is 0 Å². The molecule has 0 atom stereocenters. The molecule has 2 rings (SSSR count). The zero-order chi connectivity index (χ0) is 13.0. The van der Waals surface area contributed by atoms with Crippen molar-refractivity contribution in [3.05, 3.63) is 59.2 Å². The van der Waals surface area contributed by atoms with Crippen LogP contribution in [-0.4, -0.2) is 6.26 Å². The van der Waals surface area contributed by atoms with Crippen molar-refractivity contribution in [2.24, 2.45) is 0 Å². The summed E-state index contributed by atoms with van der Waals surface area (Å²) in [6, 6.07) is 15.2. The molecule has 1 nitrogen and oxygen atoms in total. The average Bonchev–Trinajstić information content (AvgIpc) is 2.40. The maximum Gasteiger partial charge on any atom is 0.0400 e. The van der Waals surface area contributed by atoms with Gasteiger partial charge in [0.05, 0.1) is 0 Å². The molecule has 0 spiro atoms. The second kappa shape index (κ2) is 5.96. The molecule has 0 bridgehead atoms. The third kappa shape index (κ3) is 3.30. The number of thioether (sulfide) groups is 1. The van der Waals surface area contributed by atoms with E-state index in [9.17, 15) is 0 Å². The highest BCUT2D eigenvalue weighted by atomic mass is 32.2. The second-order valence-electron chi connectivity index (χ2n) is 4.52. The van der Waals surface area contributed by atoms with Gasteiger partial charge in [0.15, 0.2) is 0 Å². The van der Waals surface area contributed by atoms with Gasteiger partial charge >= 0.3 is 0 Å². The number of hydrogen-bond acceptors (Lipinski definition) is 2. The number of aryl methyl sites for hydroxylation is 2. The van der Waals surface area contributed by atoms with Crippen molar-refractivity contribution in [2.75, 3.05) is 11.6 Å². The fourth-order valence-corrected chi connectivity index (χ4v) is 2.28. The third-order valence-corrected chi connectivity index (χ3v) is 3.78. The summed E-state index contributed by atoms with van der Waals surface area (Å²) in [6.07, 6.45) is 2.10. The van der Waals surface area contributed by atoms with Gasteiger partial charge in [-0.3, -0.25) is 0 Å². The van der Waals surface area contributed by atoms with Crippen molar-refractivity contribution in [2.45, 2.75) is 25.3 Å². The van der Waals surface area contributed by atoms with Gasteiger partial charge in [-0.05, 0) is 55.0 Å². The van der Waals surface area contributed by atoms with Crippen LogP contribution in [0.15, 0.2) is 47.4 Å². The molecule has 0 saturated carbocycles. The van der Waals surface area contributed by atoms with Gasteiger partial charge in [-0.15, -0.1) is 11.8 Å². The summed E-state index contributed by atoms with van der Waals surface area (Å²) in [4.78, 5) is 1.31. The van der Waals surface area contributed by atoms with Crippen molar-refractivity contribution in [1.29, 1.82) is 0 Å². The maximum absolute atomic E-state index is 3.50. The lowest BCUT2D eigenvalue weighted by molar-refractivity contribution is 1.13. The Bertz CT molecular complexity index is 517. The lowest BCUT2D eigenvalue weighted by Crippen LogP contribution is -2.01. The Labute approximate surface area is 114 Å². The van der Waals surface area contributed by atoms with E-state index in [0.717, 1.165) is 6.54 Å². The van der Waals surface area contributed by atoms with Crippen LogP contribution < -0.4 is 5.32 Å². The van der Waals surface area contributed by atoms with Crippen molar-refractivity contribution in [3.63, 3.8) is 0 Å². The zero-order valence-corrected chi connectivity index (χ0v) is 12.0. The van der Waals surface area contributed by atoms with Crippen LogP contribution in [0.1, 0.15) is 16.7 Å². The Hall–Kier alpha value is -1.41. The molecule has 18 heavy (non-hydrogen) atoms. The molecule has 0 radical (unpaired) electrons. The molecule has 0 amide bonds. The SMILES string of the molecule is CSc1ccc(CNc2cc(C)ccc2C)cc1. The van der Waals surface area contributed by atoms with E-state index < -0.39 is 0 Å². The van der Waals surface area contributed by atoms with Crippen molar-refractivity contribution >= 4 is 17.4 Å². The molecule has 94 valence electrons. The smallest absolute Gasteiger partial charge is 0.0400 e.